The van der Waals surface area contributed by atoms with E-state index in [-0.39, 0.29) is 6.10 Å². The highest BCUT2D eigenvalue weighted by atomic mass is 16.5. The summed E-state index contributed by atoms with van der Waals surface area (Å²) in [5, 5.41) is 3.48. The van der Waals surface area contributed by atoms with Gasteiger partial charge in [-0.3, -0.25) is 0 Å². The first kappa shape index (κ1) is 16.6. The average Bonchev–Trinajstić information content (AvgIpc) is 2.40. The molecule has 0 aromatic heterocycles. The Balaban J connectivity index is 2.72. The summed E-state index contributed by atoms with van der Waals surface area (Å²) in [4.78, 5) is 2.39. The maximum Gasteiger partial charge on any atom is 0.144 e. The molecule has 0 aliphatic rings. The van der Waals surface area contributed by atoms with Crippen LogP contribution in [0.2, 0.25) is 0 Å². The molecule has 4 nitrogen and oxygen atoms in total. The van der Waals surface area contributed by atoms with E-state index in [4.69, 9.17) is 10.5 Å². The van der Waals surface area contributed by atoms with Crippen LogP contribution in [-0.4, -0.2) is 36.7 Å². The van der Waals surface area contributed by atoms with Gasteiger partial charge in [0.2, 0.25) is 0 Å². The fourth-order valence-corrected chi connectivity index (χ4v) is 2.21. The van der Waals surface area contributed by atoms with Crippen LogP contribution < -0.4 is 15.8 Å². The number of nitrogens with two attached hydrogens (primary N) is 1. The Morgan fingerprint density at radius 3 is 2.40 bits per heavy atom. The van der Waals surface area contributed by atoms with Crippen LogP contribution in [0.25, 0.3) is 0 Å². The first-order chi connectivity index (χ1) is 9.47. The zero-order chi connectivity index (χ0) is 15.1. The summed E-state index contributed by atoms with van der Waals surface area (Å²) in [7, 11) is 0. The number of nitrogen functional groups attached to an aromatic ring is 1. The van der Waals surface area contributed by atoms with Crippen molar-refractivity contribution < 1.29 is 4.74 Å². The Labute approximate surface area is 123 Å². The smallest absolute Gasteiger partial charge is 0.144 e. The van der Waals surface area contributed by atoms with Crippen LogP contribution in [0, 0.1) is 0 Å². The van der Waals surface area contributed by atoms with E-state index in [1.54, 1.807) is 0 Å². The van der Waals surface area contributed by atoms with Crippen molar-refractivity contribution in [1.82, 2.24) is 4.90 Å². The van der Waals surface area contributed by atoms with Gasteiger partial charge in [0.25, 0.3) is 0 Å². The van der Waals surface area contributed by atoms with E-state index in [2.05, 4.69) is 31.0 Å². The number of hydrogen-bond acceptors (Lipinski definition) is 4. The van der Waals surface area contributed by atoms with Crippen LogP contribution in [-0.2, 0) is 0 Å². The Morgan fingerprint density at radius 2 is 1.85 bits per heavy atom. The van der Waals surface area contributed by atoms with Gasteiger partial charge in [0.1, 0.15) is 5.75 Å². The molecule has 1 atom stereocenters. The van der Waals surface area contributed by atoms with Crippen LogP contribution in [0.1, 0.15) is 34.6 Å². The molecule has 1 aromatic rings. The number of nitrogens with zero attached hydrogens (tertiary/aromatic N) is 1. The molecule has 3 N–H and O–H groups in total. The van der Waals surface area contributed by atoms with Crippen molar-refractivity contribution in [2.75, 3.05) is 30.7 Å². The zero-order valence-corrected chi connectivity index (χ0v) is 13.4. The molecule has 1 unspecified atom stereocenters. The van der Waals surface area contributed by atoms with Crippen LogP contribution in [0.4, 0.5) is 11.4 Å². The molecular formula is C16H29N3O. The predicted molar refractivity (Wildman–Crippen MR) is 87.5 cm³/mol. The molecule has 0 aliphatic carbocycles. The normalized spacial score (nSPS) is 12.8. The van der Waals surface area contributed by atoms with Gasteiger partial charge in [-0.05, 0) is 46.0 Å². The molecule has 1 rings (SSSR count). The van der Waals surface area contributed by atoms with Crippen molar-refractivity contribution in [3.8, 4) is 5.75 Å². The second kappa shape index (κ2) is 8.00. The number of anilines is 2. The third kappa shape index (κ3) is 4.93. The standard InChI is InChI=1S/C16H29N3O/c1-6-19(7-2)11-13(5)18-14-9-8-10-15(16(14)17)20-12(3)4/h8-10,12-13,18H,6-7,11,17H2,1-5H3. The highest BCUT2D eigenvalue weighted by Crippen LogP contribution is 2.30. The molecule has 114 valence electrons. The maximum atomic E-state index is 6.17. The Bertz CT molecular complexity index is 403. The summed E-state index contributed by atoms with van der Waals surface area (Å²) in [5.41, 5.74) is 7.81. The largest absolute Gasteiger partial charge is 0.489 e. The monoisotopic (exact) mass is 279 g/mol. The Kier molecular flexibility index (Phi) is 6.65. The number of nitrogens with one attached hydrogen (secondary N) is 1. The summed E-state index contributed by atoms with van der Waals surface area (Å²) >= 11 is 0. The second-order valence-corrected chi connectivity index (χ2v) is 5.42. The summed E-state index contributed by atoms with van der Waals surface area (Å²) in [6.07, 6.45) is 0.126. The van der Waals surface area contributed by atoms with E-state index in [0.717, 1.165) is 31.1 Å². The lowest BCUT2D eigenvalue weighted by molar-refractivity contribution is 0.244. The first-order valence-electron chi connectivity index (χ1n) is 7.51. The molecule has 0 bridgehead atoms. The van der Waals surface area contributed by atoms with E-state index >= 15 is 0 Å². The number of rotatable bonds is 8. The number of likely N-dealkylation sites (N-methyl/N-ethyl adjacent to an activating group) is 1. The summed E-state index contributed by atoms with van der Waals surface area (Å²) < 4.78 is 5.72. The van der Waals surface area contributed by atoms with E-state index in [1.807, 2.05) is 32.0 Å². The van der Waals surface area contributed by atoms with Crippen LogP contribution in [0.5, 0.6) is 5.75 Å². The van der Waals surface area contributed by atoms with Crippen LogP contribution in [0.3, 0.4) is 0 Å². The van der Waals surface area contributed by atoms with Crippen molar-refractivity contribution in [2.24, 2.45) is 0 Å². The van der Waals surface area contributed by atoms with Crippen molar-refractivity contribution in [1.29, 1.82) is 0 Å². The van der Waals surface area contributed by atoms with Crippen molar-refractivity contribution >= 4 is 11.4 Å². The van der Waals surface area contributed by atoms with Crippen LogP contribution in [0.15, 0.2) is 18.2 Å². The van der Waals surface area contributed by atoms with E-state index < -0.39 is 0 Å². The zero-order valence-electron chi connectivity index (χ0n) is 13.4. The molecule has 4 heteroatoms. The van der Waals surface area contributed by atoms with Gasteiger partial charge in [-0.15, -0.1) is 0 Å². The molecule has 0 radical (unpaired) electrons. The lowest BCUT2D eigenvalue weighted by Gasteiger charge is -2.25. The van der Waals surface area contributed by atoms with Gasteiger partial charge in [0, 0.05) is 12.6 Å². The fraction of sp³-hybridized carbons (Fsp3) is 0.625. The quantitative estimate of drug-likeness (QED) is 0.718. The van der Waals surface area contributed by atoms with Gasteiger partial charge in [0.05, 0.1) is 17.5 Å². The highest BCUT2D eigenvalue weighted by Gasteiger charge is 2.11. The van der Waals surface area contributed by atoms with Crippen molar-refractivity contribution in [3.05, 3.63) is 18.2 Å². The Hall–Kier alpha value is -1.42. The van der Waals surface area contributed by atoms with Crippen molar-refractivity contribution in [3.63, 3.8) is 0 Å². The van der Waals surface area contributed by atoms with E-state index in [9.17, 15) is 0 Å². The lowest BCUT2D eigenvalue weighted by Crippen LogP contribution is -2.34. The minimum absolute atomic E-state index is 0.126. The van der Waals surface area contributed by atoms with E-state index in [1.165, 1.54) is 0 Å². The molecular weight excluding hydrogens is 250 g/mol. The molecule has 0 saturated carbocycles. The maximum absolute atomic E-state index is 6.17. The number of para-hydroxylation sites is 1. The SMILES string of the molecule is CCN(CC)CC(C)Nc1cccc(OC(C)C)c1N. The minimum Gasteiger partial charge on any atom is -0.489 e. The van der Waals surface area contributed by atoms with E-state index in [0.29, 0.717) is 11.7 Å². The molecule has 1 aromatic carbocycles. The van der Waals surface area contributed by atoms with Crippen LogP contribution >= 0.6 is 0 Å². The average molecular weight is 279 g/mol. The predicted octanol–water partition coefficient (Wildman–Crippen LogP) is 3.20. The van der Waals surface area contributed by atoms with Crippen molar-refractivity contribution in [2.45, 2.75) is 46.8 Å². The number of ether oxygens (including phenoxy) is 1. The summed E-state index contributed by atoms with van der Waals surface area (Å²) in [5.74, 6) is 0.750. The van der Waals surface area contributed by atoms with Gasteiger partial charge in [0.15, 0.2) is 0 Å². The second-order valence-electron chi connectivity index (χ2n) is 5.42. The van der Waals surface area contributed by atoms with Gasteiger partial charge < -0.3 is 20.7 Å². The lowest BCUT2D eigenvalue weighted by atomic mass is 10.2. The number of hydrogen-bond donors (Lipinski definition) is 2. The molecule has 0 aliphatic heterocycles. The molecule has 0 heterocycles. The fourth-order valence-electron chi connectivity index (χ4n) is 2.21. The molecule has 0 spiro atoms. The Morgan fingerprint density at radius 1 is 1.20 bits per heavy atom. The molecule has 0 amide bonds. The summed E-state index contributed by atoms with van der Waals surface area (Å²) in [6, 6.07) is 6.23. The van der Waals surface area contributed by atoms with Gasteiger partial charge in [-0.2, -0.15) is 0 Å². The topological polar surface area (TPSA) is 50.5 Å². The minimum atomic E-state index is 0.126. The number of benzene rings is 1. The summed E-state index contributed by atoms with van der Waals surface area (Å²) in [6.45, 7) is 13.7. The first-order valence-corrected chi connectivity index (χ1v) is 7.51. The van der Waals surface area contributed by atoms with Gasteiger partial charge in [-0.25, -0.2) is 0 Å². The van der Waals surface area contributed by atoms with Gasteiger partial charge >= 0.3 is 0 Å². The molecule has 0 saturated heterocycles. The molecule has 0 fully saturated rings. The molecule has 20 heavy (non-hydrogen) atoms. The third-order valence-corrected chi connectivity index (χ3v) is 3.26. The third-order valence-electron chi connectivity index (χ3n) is 3.26. The highest BCUT2D eigenvalue weighted by molar-refractivity contribution is 5.73. The van der Waals surface area contributed by atoms with Gasteiger partial charge in [-0.1, -0.05) is 19.9 Å².